The van der Waals surface area contributed by atoms with E-state index >= 15 is 0 Å². The van der Waals surface area contributed by atoms with Crippen LogP contribution in [0.25, 0.3) is 0 Å². The van der Waals surface area contributed by atoms with Gasteiger partial charge in [0.05, 0.1) is 6.61 Å². The zero-order valence-electron chi connectivity index (χ0n) is 14.1. The summed E-state index contributed by atoms with van der Waals surface area (Å²) in [6, 6.07) is 7.95. The Labute approximate surface area is 135 Å². The van der Waals surface area contributed by atoms with Crippen LogP contribution < -0.4 is 9.47 Å². The Kier molecular flexibility index (Phi) is 7.54. The van der Waals surface area contributed by atoms with Crippen molar-refractivity contribution in [3.8, 4) is 11.5 Å². The van der Waals surface area contributed by atoms with Crippen LogP contribution in [0, 0.1) is 0 Å². The minimum absolute atomic E-state index is 0.711. The Morgan fingerprint density at radius 3 is 2.09 bits per heavy atom. The first-order valence-corrected chi connectivity index (χ1v) is 8.47. The highest BCUT2D eigenvalue weighted by atomic mass is 16.5. The maximum Gasteiger partial charge on any atom is 0.119 e. The van der Waals surface area contributed by atoms with E-state index in [1.807, 2.05) is 38.4 Å². The molecule has 0 aliphatic carbocycles. The van der Waals surface area contributed by atoms with Crippen LogP contribution in [-0.4, -0.2) is 63.3 Å². The number of hydrogen-bond acceptors (Lipinski definition) is 4. The smallest absolute Gasteiger partial charge is 0.119 e. The molecule has 4 nitrogen and oxygen atoms in total. The van der Waals surface area contributed by atoms with Crippen LogP contribution in [0.15, 0.2) is 24.3 Å². The van der Waals surface area contributed by atoms with Crippen molar-refractivity contribution < 1.29 is 9.47 Å². The molecule has 1 aliphatic rings. The number of likely N-dealkylation sites (tertiary alicyclic amines) is 1. The minimum Gasteiger partial charge on any atom is -0.494 e. The average molecular weight is 306 g/mol. The van der Waals surface area contributed by atoms with Crippen LogP contribution in [0.4, 0.5) is 0 Å². The minimum atomic E-state index is 0.711. The van der Waals surface area contributed by atoms with E-state index in [9.17, 15) is 0 Å². The Bertz CT molecular complexity index is 400. The molecule has 1 aliphatic heterocycles. The van der Waals surface area contributed by atoms with Crippen molar-refractivity contribution in [3.05, 3.63) is 24.3 Å². The van der Waals surface area contributed by atoms with Crippen molar-refractivity contribution >= 4 is 0 Å². The summed E-state index contributed by atoms with van der Waals surface area (Å²) >= 11 is 0. The van der Waals surface area contributed by atoms with Crippen molar-refractivity contribution in [2.24, 2.45) is 0 Å². The third-order valence-corrected chi connectivity index (χ3v) is 3.97. The van der Waals surface area contributed by atoms with Crippen molar-refractivity contribution in [1.82, 2.24) is 9.80 Å². The van der Waals surface area contributed by atoms with E-state index in [1.165, 1.54) is 32.4 Å². The molecule has 1 aromatic rings. The summed E-state index contributed by atoms with van der Waals surface area (Å²) in [5, 5.41) is 0. The predicted octanol–water partition coefficient (Wildman–Crippen LogP) is 2.88. The number of hydrogen-bond donors (Lipinski definition) is 0. The molecule has 0 amide bonds. The van der Waals surface area contributed by atoms with Gasteiger partial charge in [-0.3, -0.25) is 0 Å². The van der Waals surface area contributed by atoms with E-state index in [0.29, 0.717) is 6.61 Å². The predicted molar refractivity (Wildman–Crippen MR) is 90.9 cm³/mol. The number of benzene rings is 1. The molecule has 124 valence electrons. The lowest BCUT2D eigenvalue weighted by molar-refractivity contribution is 0.205. The van der Waals surface area contributed by atoms with Crippen LogP contribution in [0.2, 0.25) is 0 Å². The van der Waals surface area contributed by atoms with Gasteiger partial charge < -0.3 is 19.3 Å². The zero-order valence-corrected chi connectivity index (χ0v) is 14.1. The van der Waals surface area contributed by atoms with Gasteiger partial charge in [0.15, 0.2) is 0 Å². The molecule has 0 bridgehead atoms. The maximum atomic E-state index is 5.80. The van der Waals surface area contributed by atoms with Crippen LogP contribution >= 0.6 is 0 Å². The van der Waals surface area contributed by atoms with Gasteiger partial charge in [-0.1, -0.05) is 6.42 Å². The molecule has 1 saturated heterocycles. The van der Waals surface area contributed by atoms with Gasteiger partial charge in [-0.25, -0.2) is 0 Å². The van der Waals surface area contributed by atoms with E-state index in [1.54, 1.807) is 0 Å². The third kappa shape index (κ3) is 6.67. The van der Waals surface area contributed by atoms with Gasteiger partial charge in [-0.15, -0.1) is 0 Å². The summed E-state index contributed by atoms with van der Waals surface area (Å²) in [4.78, 5) is 4.66. The summed E-state index contributed by atoms with van der Waals surface area (Å²) in [7, 11) is 4.09. The topological polar surface area (TPSA) is 24.9 Å². The SMILES string of the molecule is CN(C)CCOc1ccc(OCCCN2CCCCC2)cc1. The quantitative estimate of drug-likeness (QED) is 0.655. The monoisotopic (exact) mass is 306 g/mol. The highest BCUT2D eigenvalue weighted by Gasteiger charge is 2.08. The maximum absolute atomic E-state index is 5.80. The zero-order chi connectivity index (χ0) is 15.6. The first-order valence-electron chi connectivity index (χ1n) is 8.47. The van der Waals surface area contributed by atoms with Crippen molar-refractivity contribution in [1.29, 1.82) is 0 Å². The molecule has 0 N–H and O–H groups in total. The molecule has 1 aromatic carbocycles. The van der Waals surface area contributed by atoms with Crippen molar-refractivity contribution in [3.63, 3.8) is 0 Å². The second kappa shape index (κ2) is 9.70. The van der Waals surface area contributed by atoms with E-state index in [0.717, 1.165) is 37.6 Å². The van der Waals surface area contributed by atoms with E-state index in [-0.39, 0.29) is 0 Å². The van der Waals surface area contributed by atoms with Gasteiger partial charge >= 0.3 is 0 Å². The Morgan fingerprint density at radius 1 is 0.909 bits per heavy atom. The second-order valence-corrected chi connectivity index (χ2v) is 6.23. The molecule has 0 radical (unpaired) electrons. The molecule has 4 heteroatoms. The fourth-order valence-corrected chi connectivity index (χ4v) is 2.64. The first-order chi connectivity index (χ1) is 10.7. The lowest BCUT2D eigenvalue weighted by Crippen LogP contribution is -2.31. The number of likely N-dealkylation sites (N-methyl/N-ethyl adjacent to an activating group) is 1. The standard InChI is InChI=1S/C18H30N2O2/c1-19(2)14-16-22-18-9-7-17(8-10-18)21-15-6-13-20-11-4-3-5-12-20/h7-10H,3-6,11-16H2,1-2H3. The molecule has 0 unspecified atom stereocenters. The normalized spacial score (nSPS) is 16.0. The fourth-order valence-electron chi connectivity index (χ4n) is 2.64. The van der Waals surface area contributed by atoms with Crippen LogP contribution in [0.1, 0.15) is 25.7 Å². The first kappa shape index (κ1) is 17.1. The molecule has 22 heavy (non-hydrogen) atoms. The summed E-state index contributed by atoms with van der Waals surface area (Å²) in [6.07, 6.45) is 5.21. The van der Waals surface area contributed by atoms with Gasteiger partial charge in [-0.2, -0.15) is 0 Å². The highest BCUT2D eigenvalue weighted by molar-refractivity contribution is 5.31. The van der Waals surface area contributed by atoms with Gasteiger partial charge in [0.1, 0.15) is 18.1 Å². The largest absolute Gasteiger partial charge is 0.494 e. The highest BCUT2D eigenvalue weighted by Crippen LogP contribution is 2.18. The molecule has 0 spiro atoms. The molecular formula is C18H30N2O2. The summed E-state index contributed by atoms with van der Waals surface area (Å²) in [6.45, 7) is 6.11. The van der Waals surface area contributed by atoms with Crippen LogP contribution in [0.5, 0.6) is 11.5 Å². The molecule has 2 rings (SSSR count). The van der Waals surface area contributed by atoms with Gasteiger partial charge in [-0.05, 0) is 70.7 Å². The fraction of sp³-hybridized carbons (Fsp3) is 0.667. The van der Waals surface area contributed by atoms with E-state index in [4.69, 9.17) is 9.47 Å². The van der Waals surface area contributed by atoms with Gasteiger partial charge in [0, 0.05) is 13.1 Å². The molecule has 1 fully saturated rings. The Morgan fingerprint density at radius 2 is 1.50 bits per heavy atom. The van der Waals surface area contributed by atoms with E-state index in [2.05, 4.69) is 9.80 Å². The summed E-state index contributed by atoms with van der Waals surface area (Å²) in [5.41, 5.74) is 0. The third-order valence-electron chi connectivity index (χ3n) is 3.97. The second-order valence-electron chi connectivity index (χ2n) is 6.23. The summed E-state index contributed by atoms with van der Waals surface area (Å²) in [5.74, 6) is 1.83. The lowest BCUT2D eigenvalue weighted by Gasteiger charge is -2.26. The van der Waals surface area contributed by atoms with Crippen LogP contribution in [0.3, 0.4) is 0 Å². The number of nitrogens with zero attached hydrogens (tertiary/aromatic N) is 2. The average Bonchev–Trinajstić information content (AvgIpc) is 2.54. The Hall–Kier alpha value is -1.26. The molecule has 0 atom stereocenters. The number of ether oxygens (including phenoxy) is 2. The Balaban J connectivity index is 1.59. The molecule has 1 heterocycles. The number of rotatable bonds is 9. The summed E-state index contributed by atoms with van der Waals surface area (Å²) < 4.78 is 11.5. The molecular weight excluding hydrogens is 276 g/mol. The van der Waals surface area contributed by atoms with E-state index < -0.39 is 0 Å². The lowest BCUT2D eigenvalue weighted by atomic mass is 10.1. The van der Waals surface area contributed by atoms with Crippen LogP contribution in [-0.2, 0) is 0 Å². The van der Waals surface area contributed by atoms with Gasteiger partial charge in [0.2, 0.25) is 0 Å². The molecule has 0 aromatic heterocycles. The van der Waals surface area contributed by atoms with Gasteiger partial charge in [0.25, 0.3) is 0 Å². The van der Waals surface area contributed by atoms with Crippen molar-refractivity contribution in [2.45, 2.75) is 25.7 Å². The van der Waals surface area contributed by atoms with Crippen molar-refractivity contribution in [2.75, 3.05) is 53.5 Å². The number of piperidine rings is 1. The molecule has 0 saturated carbocycles.